The Labute approximate surface area is 83.3 Å². The monoisotopic (exact) mass is 183 g/mol. The van der Waals surface area contributed by atoms with Gasteiger partial charge in [-0.25, -0.2) is 0 Å². The fourth-order valence-electron chi connectivity index (χ4n) is 1.98. The fourth-order valence-corrected chi connectivity index (χ4v) is 1.98. The minimum atomic E-state index is 0.475. The third kappa shape index (κ3) is 3.30. The lowest BCUT2D eigenvalue weighted by Crippen LogP contribution is -2.38. The molecule has 1 aliphatic rings. The average molecular weight is 183 g/mol. The van der Waals surface area contributed by atoms with Gasteiger partial charge in [0.2, 0.25) is 0 Å². The predicted octanol–water partition coefficient (Wildman–Crippen LogP) is 3.20. The van der Waals surface area contributed by atoms with Crippen molar-refractivity contribution in [3.63, 3.8) is 0 Å². The number of hydrogen-bond acceptors (Lipinski definition) is 1. The van der Waals surface area contributed by atoms with Crippen LogP contribution in [0.15, 0.2) is 0 Å². The van der Waals surface area contributed by atoms with Crippen molar-refractivity contribution in [2.75, 3.05) is 6.54 Å². The van der Waals surface area contributed by atoms with Crippen molar-refractivity contribution in [1.29, 1.82) is 0 Å². The molecule has 1 rings (SSSR count). The van der Waals surface area contributed by atoms with Gasteiger partial charge in [0.15, 0.2) is 0 Å². The molecule has 2 atom stereocenters. The number of rotatable bonds is 4. The first kappa shape index (κ1) is 11.0. The molecule has 0 aliphatic heterocycles. The molecule has 1 aliphatic carbocycles. The Hall–Kier alpha value is -0.0400. The summed E-state index contributed by atoms with van der Waals surface area (Å²) in [7, 11) is 0. The van der Waals surface area contributed by atoms with Gasteiger partial charge in [-0.1, -0.05) is 34.1 Å². The molecule has 0 spiro atoms. The average Bonchev–Trinajstić information content (AvgIpc) is 2.48. The molecule has 0 heterocycles. The summed E-state index contributed by atoms with van der Waals surface area (Å²) < 4.78 is 0. The summed E-state index contributed by atoms with van der Waals surface area (Å²) in [6.07, 6.45) is 5.50. The van der Waals surface area contributed by atoms with Crippen LogP contribution in [0, 0.1) is 11.3 Å². The zero-order valence-corrected chi connectivity index (χ0v) is 9.69. The molecule has 0 aromatic rings. The van der Waals surface area contributed by atoms with E-state index in [0.29, 0.717) is 5.41 Å². The van der Waals surface area contributed by atoms with Gasteiger partial charge in [0.25, 0.3) is 0 Å². The highest BCUT2D eigenvalue weighted by atomic mass is 14.9. The molecule has 1 saturated carbocycles. The predicted molar refractivity (Wildman–Crippen MR) is 58.9 cm³/mol. The van der Waals surface area contributed by atoms with E-state index in [9.17, 15) is 0 Å². The van der Waals surface area contributed by atoms with E-state index in [0.717, 1.165) is 12.0 Å². The lowest BCUT2D eigenvalue weighted by molar-refractivity contribution is 0.292. The Morgan fingerprint density at radius 3 is 2.46 bits per heavy atom. The summed E-state index contributed by atoms with van der Waals surface area (Å²) in [4.78, 5) is 0. The van der Waals surface area contributed by atoms with Crippen LogP contribution in [0.3, 0.4) is 0 Å². The SMILES string of the molecule is CCC(C)(C)CNC1CCCC1C. The van der Waals surface area contributed by atoms with Gasteiger partial charge in [0, 0.05) is 12.6 Å². The van der Waals surface area contributed by atoms with Crippen LogP contribution in [0.5, 0.6) is 0 Å². The van der Waals surface area contributed by atoms with Crippen LogP contribution in [0.25, 0.3) is 0 Å². The van der Waals surface area contributed by atoms with E-state index in [-0.39, 0.29) is 0 Å². The molecule has 0 radical (unpaired) electrons. The van der Waals surface area contributed by atoms with E-state index in [1.165, 1.54) is 32.2 Å². The van der Waals surface area contributed by atoms with Gasteiger partial charge in [-0.2, -0.15) is 0 Å². The maximum atomic E-state index is 3.72. The van der Waals surface area contributed by atoms with Crippen LogP contribution in [-0.4, -0.2) is 12.6 Å². The Bertz CT molecular complexity index is 151. The molecule has 0 aromatic carbocycles. The Morgan fingerprint density at radius 1 is 1.31 bits per heavy atom. The Kier molecular flexibility index (Phi) is 3.78. The molecular formula is C12H25N. The van der Waals surface area contributed by atoms with Crippen molar-refractivity contribution in [3.05, 3.63) is 0 Å². The van der Waals surface area contributed by atoms with Crippen molar-refractivity contribution in [2.45, 2.75) is 59.4 Å². The van der Waals surface area contributed by atoms with Gasteiger partial charge in [0.05, 0.1) is 0 Å². The molecule has 0 aromatic heterocycles. The minimum Gasteiger partial charge on any atom is -0.313 e. The normalized spacial score (nSPS) is 29.5. The topological polar surface area (TPSA) is 12.0 Å². The summed E-state index contributed by atoms with van der Waals surface area (Å²) in [6.45, 7) is 10.5. The smallest absolute Gasteiger partial charge is 0.00929 e. The van der Waals surface area contributed by atoms with Crippen LogP contribution in [0.4, 0.5) is 0 Å². The van der Waals surface area contributed by atoms with Crippen molar-refractivity contribution in [3.8, 4) is 0 Å². The molecule has 1 N–H and O–H groups in total. The third-order valence-corrected chi connectivity index (χ3v) is 3.66. The third-order valence-electron chi connectivity index (χ3n) is 3.66. The van der Waals surface area contributed by atoms with Gasteiger partial charge in [0.1, 0.15) is 0 Å². The van der Waals surface area contributed by atoms with Crippen LogP contribution in [0.1, 0.15) is 53.4 Å². The maximum absolute atomic E-state index is 3.72. The highest BCUT2D eigenvalue weighted by molar-refractivity contribution is 4.82. The van der Waals surface area contributed by atoms with Crippen LogP contribution >= 0.6 is 0 Å². The molecule has 13 heavy (non-hydrogen) atoms. The van der Waals surface area contributed by atoms with Crippen molar-refractivity contribution < 1.29 is 0 Å². The van der Waals surface area contributed by atoms with Crippen LogP contribution in [-0.2, 0) is 0 Å². The molecule has 0 saturated heterocycles. The van der Waals surface area contributed by atoms with E-state index in [1.807, 2.05) is 0 Å². The number of nitrogens with one attached hydrogen (secondary N) is 1. The summed E-state index contributed by atoms with van der Waals surface area (Å²) in [6, 6.07) is 0.797. The molecule has 0 amide bonds. The highest BCUT2D eigenvalue weighted by Crippen LogP contribution is 2.26. The van der Waals surface area contributed by atoms with E-state index in [1.54, 1.807) is 0 Å². The van der Waals surface area contributed by atoms with Gasteiger partial charge in [-0.05, 0) is 30.6 Å². The standard InChI is InChI=1S/C12H25N/c1-5-12(3,4)9-13-11-8-6-7-10(11)2/h10-11,13H,5-9H2,1-4H3. The molecule has 78 valence electrons. The van der Waals surface area contributed by atoms with Crippen LogP contribution < -0.4 is 5.32 Å². The van der Waals surface area contributed by atoms with E-state index >= 15 is 0 Å². The Balaban J connectivity index is 2.25. The second-order valence-corrected chi connectivity index (χ2v) is 5.41. The minimum absolute atomic E-state index is 0.475. The Morgan fingerprint density at radius 2 is 2.00 bits per heavy atom. The first-order chi connectivity index (χ1) is 6.05. The molecule has 0 bridgehead atoms. The molecule has 1 nitrogen and oxygen atoms in total. The van der Waals surface area contributed by atoms with Crippen molar-refractivity contribution in [1.82, 2.24) is 5.32 Å². The van der Waals surface area contributed by atoms with E-state index in [4.69, 9.17) is 0 Å². The summed E-state index contributed by atoms with van der Waals surface area (Å²) >= 11 is 0. The molecule has 1 fully saturated rings. The molecular weight excluding hydrogens is 158 g/mol. The fraction of sp³-hybridized carbons (Fsp3) is 1.00. The summed E-state index contributed by atoms with van der Waals surface area (Å²) in [5.41, 5.74) is 0.475. The van der Waals surface area contributed by atoms with Crippen LogP contribution in [0.2, 0.25) is 0 Å². The second-order valence-electron chi connectivity index (χ2n) is 5.41. The highest BCUT2D eigenvalue weighted by Gasteiger charge is 2.24. The first-order valence-electron chi connectivity index (χ1n) is 5.78. The van der Waals surface area contributed by atoms with E-state index < -0.39 is 0 Å². The van der Waals surface area contributed by atoms with Gasteiger partial charge in [-0.15, -0.1) is 0 Å². The summed E-state index contributed by atoms with van der Waals surface area (Å²) in [5, 5.41) is 3.72. The zero-order chi connectivity index (χ0) is 9.90. The zero-order valence-electron chi connectivity index (χ0n) is 9.69. The van der Waals surface area contributed by atoms with Crippen molar-refractivity contribution >= 4 is 0 Å². The largest absolute Gasteiger partial charge is 0.313 e. The number of hydrogen-bond donors (Lipinski definition) is 1. The molecule has 2 unspecified atom stereocenters. The maximum Gasteiger partial charge on any atom is 0.00929 e. The van der Waals surface area contributed by atoms with Gasteiger partial charge < -0.3 is 5.32 Å². The lowest BCUT2D eigenvalue weighted by atomic mass is 9.89. The first-order valence-corrected chi connectivity index (χ1v) is 5.78. The van der Waals surface area contributed by atoms with E-state index in [2.05, 4.69) is 33.0 Å². The lowest BCUT2D eigenvalue weighted by Gasteiger charge is -2.27. The molecule has 1 heteroatoms. The van der Waals surface area contributed by atoms with Gasteiger partial charge in [-0.3, -0.25) is 0 Å². The quantitative estimate of drug-likeness (QED) is 0.706. The summed E-state index contributed by atoms with van der Waals surface area (Å²) in [5.74, 6) is 0.896. The van der Waals surface area contributed by atoms with Crippen molar-refractivity contribution in [2.24, 2.45) is 11.3 Å². The second kappa shape index (κ2) is 4.45. The van der Waals surface area contributed by atoms with Gasteiger partial charge >= 0.3 is 0 Å².